The number of nitrogens with zero attached hydrogens (tertiary/aromatic N) is 3. The van der Waals surface area contributed by atoms with Crippen LogP contribution in [0.4, 0.5) is 5.69 Å². The molecule has 0 saturated heterocycles. The van der Waals surface area contributed by atoms with E-state index in [1.54, 1.807) is 24.5 Å². The van der Waals surface area contributed by atoms with E-state index in [1.807, 2.05) is 91.8 Å². The van der Waals surface area contributed by atoms with Crippen molar-refractivity contribution in [1.82, 2.24) is 9.97 Å². The standard InChI is InChI=1S/C29H23Cl2N3O/c1-34(2)27-24-17-21(13-14-25(24)33-28(31)26(27)19-8-4-3-5-9-19)29(35,22-11-7-15-32-18-22)20-10-6-12-23(30)16-20/h3-18,35H,1-2H3. The minimum absolute atomic E-state index is 0.428. The van der Waals surface area contributed by atoms with Crippen molar-refractivity contribution in [2.45, 2.75) is 5.60 Å². The lowest BCUT2D eigenvalue weighted by Crippen LogP contribution is -2.29. The maximum absolute atomic E-state index is 12.3. The Balaban J connectivity index is 1.83. The van der Waals surface area contributed by atoms with Crippen molar-refractivity contribution in [2.75, 3.05) is 19.0 Å². The lowest BCUT2D eigenvalue weighted by atomic mass is 9.80. The first-order valence-corrected chi connectivity index (χ1v) is 11.9. The summed E-state index contributed by atoms with van der Waals surface area (Å²) < 4.78 is 0. The number of fused-ring (bicyclic) bond motifs is 1. The van der Waals surface area contributed by atoms with Gasteiger partial charge in [-0.15, -0.1) is 0 Å². The van der Waals surface area contributed by atoms with Crippen molar-refractivity contribution in [3.63, 3.8) is 0 Å². The molecule has 0 bridgehead atoms. The Hall–Kier alpha value is -3.44. The van der Waals surface area contributed by atoms with Gasteiger partial charge in [0.05, 0.1) is 11.2 Å². The number of benzene rings is 3. The van der Waals surface area contributed by atoms with Gasteiger partial charge >= 0.3 is 0 Å². The number of rotatable bonds is 5. The molecule has 2 aromatic heterocycles. The van der Waals surface area contributed by atoms with E-state index in [0.29, 0.717) is 26.9 Å². The van der Waals surface area contributed by atoms with E-state index in [9.17, 15) is 5.11 Å². The van der Waals surface area contributed by atoms with Crippen molar-refractivity contribution in [3.05, 3.63) is 124 Å². The van der Waals surface area contributed by atoms with E-state index in [-0.39, 0.29) is 0 Å². The summed E-state index contributed by atoms with van der Waals surface area (Å²) in [5.41, 5.74) is 3.95. The SMILES string of the molecule is CN(C)c1c(-c2ccccc2)c(Cl)nc2ccc(C(O)(c3cccnc3)c3cccc(Cl)c3)cc12. The molecule has 1 N–H and O–H groups in total. The van der Waals surface area contributed by atoms with Crippen LogP contribution in [0.3, 0.4) is 0 Å². The van der Waals surface area contributed by atoms with Gasteiger partial charge in [-0.25, -0.2) is 4.98 Å². The molecule has 0 aliphatic carbocycles. The average molecular weight is 500 g/mol. The molecule has 0 aliphatic rings. The third-order valence-electron chi connectivity index (χ3n) is 6.16. The molecule has 174 valence electrons. The third kappa shape index (κ3) is 4.14. The molecular formula is C29H23Cl2N3O. The summed E-state index contributed by atoms with van der Waals surface area (Å²) in [6.07, 6.45) is 3.36. The van der Waals surface area contributed by atoms with Gasteiger partial charge in [0, 0.05) is 48.0 Å². The van der Waals surface area contributed by atoms with Crippen molar-refractivity contribution in [1.29, 1.82) is 0 Å². The minimum atomic E-state index is -1.48. The Labute approximate surface area is 214 Å². The molecule has 0 spiro atoms. The first-order chi connectivity index (χ1) is 16.9. The van der Waals surface area contributed by atoms with Gasteiger partial charge in [-0.1, -0.05) is 77.8 Å². The zero-order chi connectivity index (χ0) is 24.6. The molecule has 1 atom stereocenters. The van der Waals surface area contributed by atoms with Crippen LogP contribution in [-0.2, 0) is 5.60 Å². The highest BCUT2D eigenvalue weighted by molar-refractivity contribution is 6.34. The summed E-state index contributed by atoms with van der Waals surface area (Å²) in [6, 6.07) is 26.7. The average Bonchev–Trinajstić information content (AvgIpc) is 2.88. The molecule has 4 nitrogen and oxygen atoms in total. The zero-order valence-corrected chi connectivity index (χ0v) is 20.8. The molecule has 5 aromatic rings. The fraction of sp³-hybridized carbons (Fsp3) is 0.103. The first-order valence-electron chi connectivity index (χ1n) is 11.1. The number of pyridine rings is 2. The van der Waals surface area contributed by atoms with Gasteiger partial charge in [0.1, 0.15) is 10.8 Å². The van der Waals surface area contributed by atoms with Crippen molar-refractivity contribution in [3.8, 4) is 11.1 Å². The van der Waals surface area contributed by atoms with Crippen molar-refractivity contribution < 1.29 is 5.11 Å². The fourth-order valence-electron chi connectivity index (χ4n) is 4.56. The Morgan fingerprint density at radius 1 is 0.800 bits per heavy atom. The van der Waals surface area contributed by atoms with E-state index in [0.717, 1.165) is 27.7 Å². The van der Waals surface area contributed by atoms with Crippen LogP contribution >= 0.6 is 23.2 Å². The second-order valence-corrected chi connectivity index (χ2v) is 9.38. The van der Waals surface area contributed by atoms with E-state index in [4.69, 9.17) is 28.2 Å². The maximum Gasteiger partial charge on any atom is 0.142 e. The molecule has 5 rings (SSSR count). The topological polar surface area (TPSA) is 49.2 Å². The molecule has 1 unspecified atom stereocenters. The second-order valence-electron chi connectivity index (χ2n) is 8.58. The lowest BCUT2D eigenvalue weighted by molar-refractivity contribution is 0.125. The first kappa shape index (κ1) is 23.3. The van der Waals surface area contributed by atoms with Gasteiger partial charge in [-0.3, -0.25) is 4.98 Å². The summed E-state index contributed by atoms with van der Waals surface area (Å²) in [6.45, 7) is 0. The van der Waals surface area contributed by atoms with E-state index in [1.165, 1.54) is 0 Å². The van der Waals surface area contributed by atoms with Gasteiger partial charge < -0.3 is 10.0 Å². The summed E-state index contributed by atoms with van der Waals surface area (Å²) in [5, 5.41) is 14.2. The van der Waals surface area contributed by atoms with Crippen LogP contribution < -0.4 is 4.90 Å². The van der Waals surface area contributed by atoms with Gasteiger partial charge in [-0.2, -0.15) is 0 Å². The van der Waals surface area contributed by atoms with Crippen LogP contribution in [0.2, 0.25) is 10.2 Å². The van der Waals surface area contributed by atoms with E-state index >= 15 is 0 Å². The van der Waals surface area contributed by atoms with Crippen molar-refractivity contribution in [2.24, 2.45) is 0 Å². The number of halogens is 2. The predicted octanol–water partition coefficient (Wildman–Crippen LogP) is 6.95. The Kier molecular flexibility index (Phi) is 6.20. The largest absolute Gasteiger partial charge is 0.377 e. The Morgan fingerprint density at radius 2 is 1.54 bits per heavy atom. The molecule has 3 aromatic carbocycles. The monoisotopic (exact) mass is 499 g/mol. The summed E-state index contributed by atoms with van der Waals surface area (Å²) in [7, 11) is 3.96. The number of hydrogen-bond donors (Lipinski definition) is 1. The van der Waals surface area contributed by atoms with Gasteiger partial charge in [0.2, 0.25) is 0 Å². The fourth-order valence-corrected chi connectivity index (χ4v) is 5.04. The molecule has 2 heterocycles. The van der Waals surface area contributed by atoms with E-state index in [2.05, 4.69) is 4.98 Å². The van der Waals surface area contributed by atoms with Crippen LogP contribution in [-0.4, -0.2) is 29.2 Å². The van der Waals surface area contributed by atoms with E-state index < -0.39 is 5.60 Å². The third-order valence-corrected chi connectivity index (χ3v) is 6.67. The van der Waals surface area contributed by atoms with Gasteiger partial charge in [0.25, 0.3) is 0 Å². The van der Waals surface area contributed by atoms with Crippen LogP contribution in [0, 0.1) is 0 Å². The summed E-state index contributed by atoms with van der Waals surface area (Å²) in [4.78, 5) is 11.0. The Bertz CT molecular complexity index is 1510. The van der Waals surface area contributed by atoms with Crippen LogP contribution in [0.5, 0.6) is 0 Å². The molecule has 6 heteroatoms. The quantitative estimate of drug-likeness (QED) is 0.265. The normalized spacial score (nSPS) is 12.9. The summed E-state index contributed by atoms with van der Waals surface area (Å²) in [5.74, 6) is 0. The molecule has 35 heavy (non-hydrogen) atoms. The lowest BCUT2D eigenvalue weighted by Gasteiger charge is -2.31. The highest BCUT2D eigenvalue weighted by atomic mass is 35.5. The molecular weight excluding hydrogens is 477 g/mol. The molecule has 0 fully saturated rings. The number of aliphatic hydroxyl groups is 1. The maximum atomic E-state index is 12.3. The molecule has 0 aliphatic heterocycles. The van der Waals surface area contributed by atoms with Crippen LogP contribution in [0.15, 0.2) is 97.3 Å². The predicted molar refractivity (Wildman–Crippen MR) is 144 cm³/mol. The number of aromatic nitrogens is 2. The smallest absolute Gasteiger partial charge is 0.142 e. The Morgan fingerprint density at radius 3 is 2.23 bits per heavy atom. The van der Waals surface area contributed by atoms with Crippen LogP contribution in [0.25, 0.3) is 22.0 Å². The molecule has 0 radical (unpaired) electrons. The number of hydrogen-bond acceptors (Lipinski definition) is 4. The van der Waals surface area contributed by atoms with Crippen LogP contribution in [0.1, 0.15) is 16.7 Å². The van der Waals surface area contributed by atoms with Gasteiger partial charge in [-0.05, 0) is 47.0 Å². The molecule has 0 saturated carbocycles. The van der Waals surface area contributed by atoms with Gasteiger partial charge in [0.15, 0.2) is 0 Å². The minimum Gasteiger partial charge on any atom is -0.377 e. The van der Waals surface area contributed by atoms with Crippen molar-refractivity contribution >= 4 is 39.8 Å². The zero-order valence-electron chi connectivity index (χ0n) is 19.3. The second kappa shape index (κ2) is 9.31. The highest BCUT2D eigenvalue weighted by Gasteiger charge is 2.35. The summed E-state index contributed by atoms with van der Waals surface area (Å²) >= 11 is 13.1. The highest BCUT2D eigenvalue weighted by Crippen LogP contribution is 2.43. The molecule has 0 amide bonds. The number of anilines is 1.